The molecule has 0 spiro atoms. The molecule has 0 amide bonds. The van der Waals surface area contributed by atoms with Gasteiger partial charge in [0.15, 0.2) is 0 Å². The molecule has 2 heteroatoms. The van der Waals surface area contributed by atoms with Crippen molar-refractivity contribution in [1.29, 1.82) is 0 Å². The van der Waals surface area contributed by atoms with Gasteiger partial charge in [-0.3, -0.25) is 0 Å². The lowest BCUT2D eigenvalue weighted by atomic mass is 9.70. The van der Waals surface area contributed by atoms with E-state index >= 15 is 0 Å². The van der Waals surface area contributed by atoms with E-state index in [1.54, 1.807) is 0 Å². The van der Waals surface area contributed by atoms with Crippen LogP contribution in [0.25, 0.3) is 71.3 Å². The first-order chi connectivity index (χ1) is 28.1. The van der Waals surface area contributed by atoms with Gasteiger partial charge in [0.2, 0.25) is 0 Å². The van der Waals surface area contributed by atoms with Crippen molar-refractivity contribution in [3.8, 4) is 49.5 Å². The third-order valence-corrected chi connectivity index (χ3v) is 13.4. The number of aryl methyl sites for hydroxylation is 2. The molecule has 8 aromatic carbocycles. The Kier molecular flexibility index (Phi) is 7.77. The first-order valence-electron chi connectivity index (χ1n) is 19.8. The Morgan fingerprint density at radius 3 is 1.68 bits per heavy atom. The summed E-state index contributed by atoms with van der Waals surface area (Å²) in [7, 11) is 0. The molecule has 57 heavy (non-hydrogen) atoms. The second-order valence-corrected chi connectivity index (χ2v) is 16.4. The lowest BCUT2D eigenvalue weighted by Gasteiger charge is -2.33. The van der Waals surface area contributed by atoms with Gasteiger partial charge in [-0.1, -0.05) is 181 Å². The summed E-state index contributed by atoms with van der Waals surface area (Å²) in [5.74, 6) is 0. The Morgan fingerprint density at radius 1 is 0.421 bits per heavy atom. The molecule has 0 atom stereocenters. The molecule has 11 rings (SSSR count). The quantitative estimate of drug-likeness (QED) is 0.160. The fourth-order valence-corrected chi connectivity index (χ4v) is 10.9. The summed E-state index contributed by atoms with van der Waals surface area (Å²) in [6.45, 7) is 4.36. The van der Waals surface area contributed by atoms with E-state index in [-0.39, 0.29) is 0 Å². The van der Waals surface area contributed by atoms with Gasteiger partial charge in [-0.25, -0.2) is 0 Å². The summed E-state index contributed by atoms with van der Waals surface area (Å²) >= 11 is 1.96. The highest BCUT2D eigenvalue weighted by Gasteiger charge is 2.49. The number of hydrogen-bond acceptors (Lipinski definition) is 1. The van der Waals surface area contributed by atoms with Gasteiger partial charge in [0.05, 0.1) is 16.4 Å². The van der Waals surface area contributed by atoms with Crippen molar-refractivity contribution in [2.24, 2.45) is 0 Å². The summed E-state index contributed by atoms with van der Waals surface area (Å²) in [6, 6.07) is 74.3. The molecule has 2 aromatic heterocycles. The van der Waals surface area contributed by atoms with E-state index in [2.05, 4.69) is 219 Å². The first kappa shape index (κ1) is 33.6. The zero-order valence-electron chi connectivity index (χ0n) is 31.9. The Balaban J connectivity index is 1.11. The van der Waals surface area contributed by atoms with Crippen LogP contribution < -0.4 is 0 Å². The molecule has 1 aliphatic carbocycles. The van der Waals surface area contributed by atoms with Crippen LogP contribution in [-0.4, -0.2) is 4.57 Å². The van der Waals surface area contributed by atoms with Crippen LogP contribution in [0.2, 0.25) is 0 Å². The highest BCUT2D eigenvalue weighted by atomic mass is 32.1. The Hall–Kier alpha value is -6.74. The number of benzene rings is 8. The minimum absolute atomic E-state index is 0.450. The number of rotatable bonds is 6. The van der Waals surface area contributed by atoms with Crippen LogP contribution >= 0.6 is 11.3 Å². The third-order valence-electron chi connectivity index (χ3n) is 12.0. The standard InChI is InChI=1S/C55H39NS/c1-36-21-30-42(31-22-36)55(43-32-23-37(2)24-33-43)48-19-11-9-18-46(48)52-51(39-13-5-3-6-14-39)53(57-54(52)55)40-27-25-38(26-28-40)41-29-34-50-47(35-41)45-17-10-12-20-49(45)56(50)44-15-7-4-8-16-44/h3-35H,1-2H3. The Morgan fingerprint density at radius 2 is 0.982 bits per heavy atom. The molecule has 0 aliphatic heterocycles. The summed E-state index contributed by atoms with van der Waals surface area (Å²) in [5.41, 5.74) is 18.5. The number of fused-ring (bicyclic) bond motifs is 6. The second-order valence-electron chi connectivity index (χ2n) is 15.4. The molecule has 270 valence electrons. The molecular formula is C55H39NS. The zero-order valence-corrected chi connectivity index (χ0v) is 32.7. The zero-order chi connectivity index (χ0) is 38.1. The largest absolute Gasteiger partial charge is 0.309 e. The van der Waals surface area contributed by atoms with Crippen molar-refractivity contribution in [2.75, 3.05) is 0 Å². The van der Waals surface area contributed by atoms with E-state index in [0.29, 0.717) is 0 Å². The molecule has 0 radical (unpaired) electrons. The second kappa shape index (κ2) is 13.2. The van der Waals surface area contributed by atoms with Crippen LogP contribution in [0.5, 0.6) is 0 Å². The van der Waals surface area contributed by atoms with Gasteiger partial charge in [0, 0.05) is 37.3 Å². The smallest absolute Gasteiger partial charge is 0.0807 e. The Labute approximate surface area is 337 Å². The van der Waals surface area contributed by atoms with Crippen molar-refractivity contribution in [1.82, 2.24) is 4.57 Å². The van der Waals surface area contributed by atoms with E-state index in [4.69, 9.17) is 0 Å². The van der Waals surface area contributed by atoms with Gasteiger partial charge in [-0.05, 0) is 88.7 Å². The van der Waals surface area contributed by atoms with Crippen molar-refractivity contribution >= 4 is 33.1 Å². The van der Waals surface area contributed by atoms with Crippen molar-refractivity contribution in [2.45, 2.75) is 19.3 Å². The average molecular weight is 746 g/mol. The molecule has 1 nitrogen and oxygen atoms in total. The number of nitrogens with zero attached hydrogens (tertiary/aromatic N) is 1. The van der Waals surface area contributed by atoms with Gasteiger partial charge in [0.25, 0.3) is 0 Å². The summed E-state index contributed by atoms with van der Waals surface area (Å²) in [6.07, 6.45) is 0. The molecule has 0 saturated carbocycles. The van der Waals surface area contributed by atoms with Gasteiger partial charge >= 0.3 is 0 Å². The van der Waals surface area contributed by atoms with E-state index in [1.165, 1.54) is 104 Å². The fraction of sp³-hybridized carbons (Fsp3) is 0.0545. The molecule has 0 fully saturated rings. The normalized spacial score (nSPS) is 12.9. The SMILES string of the molecule is Cc1ccc(C2(c3ccc(C)cc3)c3ccccc3-c3c2sc(-c2ccc(-c4ccc5c(c4)c4ccccc4n5-c4ccccc4)cc2)c3-c2ccccc2)cc1. The van der Waals surface area contributed by atoms with E-state index in [9.17, 15) is 0 Å². The molecular weight excluding hydrogens is 707 g/mol. The molecule has 10 aromatic rings. The highest BCUT2D eigenvalue weighted by Crippen LogP contribution is 2.63. The van der Waals surface area contributed by atoms with Gasteiger partial charge in [-0.2, -0.15) is 0 Å². The van der Waals surface area contributed by atoms with Crippen molar-refractivity contribution in [3.63, 3.8) is 0 Å². The third kappa shape index (κ3) is 5.14. The fourth-order valence-electron chi connectivity index (χ4n) is 9.35. The first-order valence-corrected chi connectivity index (χ1v) is 20.6. The minimum atomic E-state index is -0.450. The highest BCUT2D eigenvalue weighted by molar-refractivity contribution is 7.17. The van der Waals surface area contributed by atoms with Crippen LogP contribution in [0, 0.1) is 13.8 Å². The maximum atomic E-state index is 2.38. The average Bonchev–Trinajstić information content (AvgIpc) is 3.91. The molecule has 2 heterocycles. The van der Waals surface area contributed by atoms with Crippen LogP contribution in [0.1, 0.15) is 32.7 Å². The van der Waals surface area contributed by atoms with E-state index < -0.39 is 5.41 Å². The molecule has 1 aliphatic rings. The van der Waals surface area contributed by atoms with Crippen LogP contribution in [0.3, 0.4) is 0 Å². The number of aromatic nitrogens is 1. The van der Waals surface area contributed by atoms with E-state index in [1.807, 2.05) is 11.3 Å². The minimum Gasteiger partial charge on any atom is -0.309 e. The monoisotopic (exact) mass is 745 g/mol. The van der Waals surface area contributed by atoms with Crippen LogP contribution in [-0.2, 0) is 5.41 Å². The topological polar surface area (TPSA) is 4.93 Å². The number of hydrogen-bond donors (Lipinski definition) is 0. The molecule has 0 unspecified atom stereocenters. The Bertz CT molecular complexity index is 3050. The molecule has 0 bridgehead atoms. The van der Waals surface area contributed by atoms with Crippen molar-refractivity contribution in [3.05, 3.63) is 233 Å². The summed E-state index contributed by atoms with van der Waals surface area (Å²) in [5, 5.41) is 2.53. The van der Waals surface area contributed by atoms with Gasteiger partial charge < -0.3 is 4.57 Å². The van der Waals surface area contributed by atoms with Gasteiger partial charge in [0.1, 0.15) is 0 Å². The molecule has 0 N–H and O–H groups in total. The summed E-state index contributed by atoms with van der Waals surface area (Å²) in [4.78, 5) is 2.69. The predicted molar refractivity (Wildman–Crippen MR) is 242 cm³/mol. The maximum Gasteiger partial charge on any atom is 0.0807 e. The maximum absolute atomic E-state index is 2.38. The van der Waals surface area contributed by atoms with Crippen LogP contribution in [0.15, 0.2) is 200 Å². The number of para-hydroxylation sites is 2. The van der Waals surface area contributed by atoms with E-state index in [0.717, 1.165) is 0 Å². The number of thiophene rings is 1. The summed E-state index contributed by atoms with van der Waals surface area (Å²) < 4.78 is 2.38. The molecule has 0 saturated heterocycles. The predicted octanol–water partition coefficient (Wildman–Crippen LogP) is 14.8. The van der Waals surface area contributed by atoms with Crippen LogP contribution in [0.4, 0.5) is 0 Å². The lowest BCUT2D eigenvalue weighted by Crippen LogP contribution is -2.27. The van der Waals surface area contributed by atoms with Gasteiger partial charge in [-0.15, -0.1) is 11.3 Å². The van der Waals surface area contributed by atoms with Crippen molar-refractivity contribution < 1.29 is 0 Å². The lowest BCUT2D eigenvalue weighted by molar-refractivity contribution is 0.784.